The van der Waals surface area contributed by atoms with Crippen molar-refractivity contribution in [2.75, 3.05) is 20.0 Å². The summed E-state index contributed by atoms with van der Waals surface area (Å²) in [6, 6.07) is 14.7. The summed E-state index contributed by atoms with van der Waals surface area (Å²) < 4.78 is 12.2. The van der Waals surface area contributed by atoms with Gasteiger partial charge >= 0.3 is 0 Å². The van der Waals surface area contributed by atoms with Gasteiger partial charge in [-0.1, -0.05) is 23.9 Å². The van der Waals surface area contributed by atoms with Crippen LogP contribution in [0.1, 0.15) is 12.8 Å². The molecule has 1 aromatic heterocycles. The van der Waals surface area contributed by atoms with Gasteiger partial charge in [0.1, 0.15) is 0 Å². The fourth-order valence-electron chi connectivity index (χ4n) is 2.72. The van der Waals surface area contributed by atoms with Gasteiger partial charge in [-0.25, -0.2) is 4.98 Å². The number of aromatic nitrogens is 2. The molecule has 0 unspecified atom stereocenters. The Morgan fingerprint density at radius 1 is 1.15 bits per heavy atom. The number of para-hydroxylation sites is 1. The first-order valence-corrected chi connectivity index (χ1v) is 9.42. The maximum absolute atomic E-state index is 13.2. The summed E-state index contributed by atoms with van der Waals surface area (Å²) in [5.41, 5.74) is 1.16. The Hall–Kier alpha value is -2.98. The lowest BCUT2D eigenvalue weighted by Gasteiger charge is -2.15. The predicted octanol–water partition coefficient (Wildman–Crippen LogP) is 3.80. The minimum atomic E-state index is -0.143. The van der Waals surface area contributed by atoms with Gasteiger partial charge in [0.05, 0.1) is 36.9 Å². The van der Waals surface area contributed by atoms with Crippen LogP contribution in [0.2, 0.25) is 0 Å². The quantitative estimate of drug-likeness (QED) is 0.352. The van der Waals surface area contributed by atoms with E-state index in [9.17, 15) is 4.79 Å². The van der Waals surface area contributed by atoms with Gasteiger partial charge in [-0.05, 0) is 30.7 Å². The van der Waals surface area contributed by atoms with Crippen molar-refractivity contribution >= 4 is 22.7 Å². The van der Waals surface area contributed by atoms with Crippen LogP contribution >= 0.6 is 11.8 Å². The van der Waals surface area contributed by atoms with Crippen molar-refractivity contribution in [3.05, 3.63) is 52.8 Å². The first kappa shape index (κ1) is 18.8. The van der Waals surface area contributed by atoms with Crippen LogP contribution < -0.4 is 15.0 Å². The van der Waals surface area contributed by atoms with Crippen LogP contribution in [0.15, 0.2) is 52.4 Å². The molecule has 0 bridgehead atoms. The highest BCUT2D eigenvalue weighted by molar-refractivity contribution is 7.99. The van der Waals surface area contributed by atoms with E-state index in [1.165, 1.54) is 11.8 Å². The largest absolute Gasteiger partial charge is 0.493 e. The molecule has 3 rings (SSSR count). The molecule has 0 radical (unpaired) electrons. The van der Waals surface area contributed by atoms with E-state index in [2.05, 4.69) is 11.1 Å². The highest BCUT2D eigenvalue weighted by Gasteiger charge is 2.15. The molecular weight excluding hydrogens is 362 g/mol. The maximum atomic E-state index is 13.2. The Labute approximate surface area is 161 Å². The third kappa shape index (κ3) is 3.91. The summed E-state index contributed by atoms with van der Waals surface area (Å²) in [7, 11) is 3.12. The van der Waals surface area contributed by atoms with Crippen LogP contribution in [0.5, 0.6) is 11.5 Å². The molecule has 0 saturated carbocycles. The van der Waals surface area contributed by atoms with Crippen LogP contribution in [0, 0.1) is 11.3 Å². The molecule has 6 nitrogen and oxygen atoms in total. The lowest BCUT2D eigenvalue weighted by Crippen LogP contribution is -2.22. The van der Waals surface area contributed by atoms with Crippen molar-refractivity contribution in [1.82, 2.24) is 9.55 Å². The number of hydrogen-bond donors (Lipinski definition) is 0. The molecule has 3 aromatic rings. The van der Waals surface area contributed by atoms with E-state index in [0.29, 0.717) is 45.4 Å². The number of hydrogen-bond acceptors (Lipinski definition) is 6. The average molecular weight is 381 g/mol. The molecule has 0 aliphatic carbocycles. The molecule has 27 heavy (non-hydrogen) atoms. The van der Waals surface area contributed by atoms with E-state index in [1.807, 2.05) is 18.2 Å². The average Bonchev–Trinajstić information content (AvgIpc) is 2.71. The zero-order valence-corrected chi connectivity index (χ0v) is 16.0. The zero-order chi connectivity index (χ0) is 19.2. The molecule has 0 N–H and O–H groups in total. The van der Waals surface area contributed by atoms with Crippen LogP contribution in [0.4, 0.5) is 0 Å². The number of methoxy groups -OCH3 is 2. The normalized spacial score (nSPS) is 10.6. The van der Waals surface area contributed by atoms with Crippen LogP contribution in [-0.2, 0) is 0 Å². The lowest BCUT2D eigenvalue weighted by molar-refractivity contribution is 0.354. The summed E-state index contributed by atoms with van der Waals surface area (Å²) in [6.45, 7) is 0. The topological polar surface area (TPSA) is 77.1 Å². The molecule has 0 aliphatic heterocycles. The molecule has 0 aliphatic rings. The lowest BCUT2D eigenvalue weighted by atomic mass is 10.2. The number of nitriles is 1. The zero-order valence-electron chi connectivity index (χ0n) is 15.1. The van der Waals surface area contributed by atoms with E-state index in [0.717, 1.165) is 6.42 Å². The van der Waals surface area contributed by atoms with Crippen molar-refractivity contribution in [1.29, 1.82) is 5.26 Å². The maximum Gasteiger partial charge on any atom is 0.266 e. The number of thioether (sulfide) groups is 1. The van der Waals surface area contributed by atoms with E-state index in [4.69, 9.17) is 14.7 Å². The van der Waals surface area contributed by atoms with Crippen molar-refractivity contribution in [3.63, 3.8) is 0 Å². The van der Waals surface area contributed by atoms with E-state index in [-0.39, 0.29) is 5.56 Å². The molecule has 0 saturated heterocycles. The van der Waals surface area contributed by atoms with Crippen molar-refractivity contribution in [2.45, 2.75) is 18.0 Å². The Morgan fingerprint density at radius 3 is 2.67 bits per heavy atom. The van der Waals surface area contributed by atoms with Gasteiger partial charge in [0, 0.05) is 18.2 Å². The molecule has 7 heteroatoms. The van der Waals surface area contributed by atoms with E-state index >= 15 is 0 Å². The smallest absolute Gasteiger partial charge is 0.266 e. The fourth-order valence-corrected chi connectivity index (χ4v) is 3.67. The highest BCUT2D eigenvalue weighted by atomic mass is 32.2. The van der Waals surface area contributed by atoms with Gasteiger partial charge < -0.3 is 9.47 Å². The minimum Gasteiger partial charge on any atom is -0.493 e. The van der Waals surface area contributed by atoms with Crippen molar-refractivity contribution in [2.24, 2.45) is 0 Å². The van der Waals surface area contributed by atoms with E-state index < -0.39 is 0 Å². The Balaban J connectivity index is 2.16. The number of ether oxygens (including phenoxy) is 2. The minimum absolute atomic E-state index is 0.143. The Kier molecular flexibility index (Phi) is 5.99. The van der Waals surface area contributed by atoms with Gasteiger partial charge in [-0.3, -0.25) is 9.36 Å². The molecule has 0 amide bonds. The second-order valence-corrected chi connectivity index (χ2v) is 6.76. The second-order valence-electron chi connectivity index (χ2n) is 5.70. The predicted molar refractivity (Wildman–Crippen MR) is 106 cm³/mol. The van der Waals surface area contributed by atoms with Gasteiger partial charge in [0.2, 0.25) is 0 Å². The Bertz CT molecular complexity index is 1060. The first-order chi connectivity index (χ1) is 13.2. The number of nitrogens with zero attached hydrogens (tertiary/aromatic N) is 3. The van der Waals surface area contributed by atoms with Gasteiger partial charge in [0.15, 0.2) is 16.7 Å². The van der Waals surface area contributed by atoms with Gasteiger partial charge in [0.25, 0.3) is 5.56 Å². The molecule has 0 fully saturated rings. The SMILES string of the molecule is COc1ccc(-n2c(SCCCC#N)nc3ccccc3c2=O)cc1OC. The van der Waals surface area contributed by atoms with Gasteiger partial charge in [-0.2, -0.15) is 5.26 Å². The summed E-state index contributed by atoms with van der Waals surface area (Å²) >= 11 is 1.46. The number of benzene rings is 2. The Morgan fingerprint density at radius 2 is 1.93 bits per heavy atom. The second kappa shape index (κ2) is 8.60. The third-order valence-electron chi connectivity index (χ3n) is 4.03. The molecule has 2 aromatic carbocycles. The molecule has 0 atom stereocenters. The highest BCUT2D eigenvalue weighted by Crippen LogP contribution is 2.30. The van der Waals surface area contributed by atoms with Crippen LogP contribution in [0.25, 0.3) is 16.6 Å². The number of fused-ring (bicyclic) bond motifs is 1. The van der Waals surface area contributed by atoms with Gasteiger partial charge in [-0.15, -0.1) is 0 Å². The first-order valence-electron chi connectivity index (χ1n) is 8.43. The van der Waals surface area contributed by atoms with Crippen molar-refractivity contribution in [3.8, 4) is 23.3 Å². The summed E-state index contributed by atoms with van der Waals surface area (Å²) in [5.74, 6) is 1.83. The van der Waals surface area contributed by atoms with Crippen LogP contribution in [0.3, 0.4) is 0 Å². The monoisotopic (exact) mass is 381 g/mol. The van der Waals surface area contributed by atoms with E-state index in [1.54, 1.807) is 43.1 Å². The molecule has 1 heterocycles. The molecular formula is C20H19N3O3S. The summed E-state index contributed by atoms with van der Waals surface area (Å²) in [4.78, 5) is 17.9. The molecule has 138 valence electrons. The fraction of sp³-hybridized carbons (Fsp3) is 0.250. The number of unbranched alkanes of at least 4 members (excludes halogenated alkanes) is 1. The third-order valence-corrected chi connectivity index (χ3v) is 5.06. The summed E-state index contributed by atoms with van der Waals surface area (Å²) in [5, 5.41) is 9.87. The standard InChI is InChI=1S/C20H19N3O3S/c1-25-17-10-9-14(13-18(17)26-2)23-19(24)15-7-3-4-8-16(15)22-20(23)27-12-6-5-11-21/h3-4,7-10,13H,5-6,12H2,1-2H3. The molecule has 0 spiro atoms. The van der Waals surface area contributed by atoms with Crippen molar-refractivity contribution < 1.29 is 9.47 Å². The van der Waals surface area contributed by atoms with Crippen LogP contribution in [-0.4, -0.2) is 29.5 Å². The number of rotatable bonds is 7. The summed E-state index contributed by atoms with van der Waals surface area (Å²) in [6.07, 6.45) is 1.21.